The Morgan fingerprint density at radius 2 is 1.86 bits per heavy atom. The van der Waals surface area contributed by atoms with Crippen molar-refractivity contribution in [2.24, 2.45) is 0 Å². The Bertz CT molecular complexity index is 1080. The van der Waals surface area contributed by atoms with Crippen LogP contribution in [-0.2, 0) is 25.8 Å². The molecule has 1 aliphatic rings. The van der Waals surface area contributed by atoms with Crippen LogP contribution in [0.1, 0.15) is 37.0 Å². The van der Waals surface area contributed by atoms with Gasteiger partial charge in [-0.1, -0.05) is 12.1 Å². The minimum atomic E-state index is -3.61. The van der Waals surface area contributed by atoms with E-state index in [0.717, 1.165) is 22.4 Å². The zero-order valence-corrected chi connectivity index (χ0v) is 18.0. The molecule has 2 aromatic carbocycles. The Morgan fingerprint density at radius 3 is 2.55 bits per heavy atom. The molecule has 1 N–H and O–H groups in total. The first-order valence-corrected chi connectivity index (χ1v) is 11.3. The lowest BCUT2D eigenvalue weighted by atomic mass is 10.1. The average Bonchev–Trinajstić information content (AvgIpc) is 2.98. The summed E-state index contributed by atoms with van der Waals surface area (Å²) in [7, 11) is -3.61. The smallest absolute Gasteiger partial charge is 0.225 e. The molecule has 0 aliphatic carbocycles. The lowest BCUT2D eigenvalue weighted by Crippen LogP contribution is -2.33. The first kappa shape index (κ1) is 21.0. The standard InChI is InChI=1S/C22H26N2O4S/c1-14-5-6-15(2)20(11-14)23-22(26)9-10-29(27,28)19-7-8-21-18(13-19)12-16(3)24(21)17(4)25/h5-8,11,13,16H,9-10,12H2,1-4H3,(H,23,26). The number of sulfone groups is 1. The molecule has 0 aromatic heterocycles. The Kier molecular flexibility index (Phi) is 5.80. The molecule has 1 heterocycles. The second-order valence-electron chi connectivity index (χ2n) is 7.67. The van der Waals surface area contributed by atoms with Crippen LogP contribution < -0.4 is 10.2 Å². The second-order valence-corrected chi connectivity index (χ2v) is 9.78. The number of benzene rings is 2. The van der Waals surface area contributed by atoms with Crippen molar-refractivity contribution in [1.29, 1.82) is 0 Å². The van der Waals surface area contributed by atoms with Crippen molar-refractivity contribution < 1.29 is 18.0 Å². The van der Waals surface area contributed by atoms with E-state index < -0.39 is 9.84 Å². The number of aryl methyl sites for hydroxylation is 2. The summed E-state index contributed by atoms with van der Waals surface area (Å²) in [5, 5.41) is 2.79. The highest BCUT2D eigenvalue weighted by molar-refractivity contribution is 7.91. The van der Waals surface area contributed by atoms with E-state index in [9.17, 15) is 18.0 Å². The molecule has 1 aliphatic heterocycles. The molecule has 2 amide bonds. The normalized spacial score (nSPS) is 15.9. The molecule has 1 atom stereocenters. The van der Waals surface area contributed by atoms with Crippen molar-refractivity contribution in [3.63, 3.8) is 0 Å². The highest BCUT2D eigenvalue weighted by Crippen LogP contribution is 2.34. The quantitative estimate of drug-likeness (QED) is 0.813. The Balaban J connectivity index is 1.70. The van der Waals surface area contributed by atoms with Crippen molar-refractivity contribution in [1.82, 2.24) is 0 Å². The van der Waals surface area contributed by atoms with Gasteiger partial charge in [-0.2, -0.15) is 0 Å². The molecular formula is C22H26N2O4S. The third-order valence-corrected chi connectivity index (χ3v) is 6.94. The lowest BCUT2D eigenvalue weighted by molar-refractivity contribution is -0.117. The number of nitrogens with zero attached hydrogens (tertiary/aromatic N) is 1. The fraction of sp³-hybridized carbons (Fsp3) is 0.364. The van der Waals surface area contributed by atoms with E-state index in [1.165, 1.54) is 13.0 Å². The number of fused-ring (bicyclic) bond motifs is 1. The van der Waals surface area contributed by atoms with Crippen LogP contribution in [0.5, 0.6) is 0 Å². The molecule has 154 valence electrons. The zero-order valence-electron chi connectivity index (χ0n) is 17.2. The number of nitrogens with one attached hydrogen (secondary N) is 1. The average molecular weight is 415 g/mol. The van der Waals surface area contributed by atoms with Gasteiger partial charge in [0.15, 0.2) is 9.84 Å². The van der Waals surface area contributed by atoms with Gasteiger partial charge in [0.25, 0.3) is 0 Å². The van der Waals surface area contributed by atoms with Gasteiger partial charge in [0.1, 0.15) is 0 Å². The van der Waals surface area contributed by atoms with Gasteiger partial charge in [-0.05, 0) is 68.1 Å². The third kappa shape index (κ3) is 4.50. The van der Waals surface area contributed by atoms with E-state index in [2.05, 4.69) is 5.32 Å². The van der Waals surface area contributed by atoms with E-state index in [1.807, 2.05) is 39.0 Å². The molecule has 0 radical (unpaired) electrons. The number of carbonyl (C=O) groups is 2. The number of anilines is 2. The molecule has 7 heteroatoms. The number of carbonyl (C=O) groups excluding carboxylic acids is 2. The molecule has 2 aromatic rings. The number of rotatable bonds is 5. The molecule has 0 fully saturated rings. The van der Waals surface area contributed by atoms with E-state index in [4.69, 9.17) is 0 Å². The van der Waals surface area contributed by atoms with Crippen LogP contribution in [0.3, 0.4) is 0 Å². The van der Waals surface area contributed by atoms with Crippen molar-refractivity contribution in [2.75, 3.05) is 16.0 Å². The van der Waals surface area contributed by atoms with Gasteiger partial charge in [0.2, 0.25) is 11.8 Å². The van der Waals surface area contributed by atoms with Gasteiger partial charge >= 0.3 is 0 Å². The molecule has 3 rings (SSSR count). The van der Waals surface area contributed by atoms with E-state index >= 15 is 0 Å². The van der Waals surface area contributed by atoms with Gasteiger partial charge in [0, 0.05) is 30.8 Å². The van der Waals surface area contributed by atoms with Crippen molar-refractivity contribution in [3.8, 4) is 0 Å². The topological polar surface area (TPSA) is 83.6 Å². The number of amides is 2. The van der Waals surface area contributed by atoms with Crippen LogP contribution in [0.2, 0.25) is 0 Å². The molecule has 0 bridgehead atoms. The van der Waals surface area contributed by atoms with Gasteiger partial charge in [0.05, 0.1) is 10.6 Å². The molecule has 0 saturated carbocycles. The van der Waals surface area contributed by atoms with Crippen molar-refractivity contribution in [3.05, 3.63) is 53.1 Å². The van der Waals surface area contributed by atoms with E-state index in [-0.39, 0.29) is 34.9 Å². The fourth-order valence-electron chi connectivity index (χ4n) is 3.71. The van der Waals surface area contributed by atoms with Gasteiger partial charge < -0.3 is 10.2 Å². The first-order chi connectivity index (χ1) is 13.6. The summed E-state index contributed by atoms with van der Waals surface area (Å²) in [5.74, 6) is -0.663. The molecule has 29 heavy (non-hydrogen) atoms. The van der Waals surface area contributed by atoms with Crippen LogP contribution in [0.15, 0.2) is 41.3 Å². The summed E-state index contributed by atoms with van der Waals surface area (Å²) in [5.41, 5.74) is 4.24. The van der Waals surface area contributed by atoms with Gasteiger partial charge in [-0.3, -0.25) is 9.59 Å². The minimum Gasteiger partial charge on any atom is -0.326 e. The van der Waals surface area contributed by atoms with Crippen molar-refractivity contribution in [2.45, 2.75) is 51.5 Å². The summed E-state index contributed by atoms with van der Waals surface area (Å²) in [6.45, 7) is 7.27. The molecule has 6 nitrogen and oxygen atoms in total. The number of hydrogen-bond acceptors (Lipinski definition) is 4. The maximum absolute atomic E-state index is 12.7. The van der Waals surface area contributed by atoms with Gasteiger partial charge in [-0.15, -0.1) is 0 Å². The van der Waals surface area contributed by atoms with Crippen LogP contribution >= 0.6 is 0 Å². The van der Waals surface area contributed by atoms with E-state index in [0.29, 0.717) is 12.1 Å². The summed E-state index contributed by atoms with van der Waals surface area (Å²) in [6, 6.07) is 10.6. The number of hydrogen-bond donors (Lipinski definition) is 1. The predicted molar refractivity (Wildman–Crippen MR) is 114 cm³/mol. The van der Waals surface area contributed by atoms with Crippen LogP contribution in [0.4, 0.5) is 11.4 Å². The van der Waals surface area contributed by atoms with Gasteiger partial charge in [-0.25, -0.2) is 8.42 Å². The Hall–Kier alpha value is -2.67. The molecule has 0 spiro atoms. The SMILES string of the molecule is CC(=O)N1c2ccc(S(=O)(=O)CCC(=O)Nc3cc(C)ccc3C)cc2CC1C. The Labute approximate surface area is 171 Å². The molecular weight excluding hydrogens is 388 g/mol. The molecule has 0 saturated heterocycles. The van der Waals surface area contributed by atoms with Crippen LogP contribution in [0.25, 0.3) is 0 Å². The fourth-order valence-corrected chi connectivity index (χ4v) is 5.00. The summed E-state index contributed by atoms with van der Waals surface area (Å²) < 4.78 is 25.5. The summed E-state index contributed by atoms with van der Waals surface area (Å²) in [6.07, 6.45) is 0.494. The lowest BCUT2D eigenvalue weighted by Gasteiger charge is -2.20. The maximum Gasteiger partial charge on any atom is 0.225 e. The minimum absolute atomic E-state index is 0.00352. The highest BCUT2D eigenvalue weighted by atomic mass is 32.2. The monoisotopic (exact) mass is 414 g/mol. The maximum atomic E-state index is 12.7. The zero-order chi connectivity index (χ0) is 21.3. The third-order valence-electron chi connectivity index (χ3n) is 5.23. The van der Waals surface area contributed by atoms with E-state index in [1.54, 1.807) is 17.0 Å². The molecule has 1 unspecified atom stereocenters. The van der Waals surface area contributed by atoms with Crippen LogP contribution in [0, 0.1) is 13.8 Å². The predicted octanol–water partition coefficient (Wildman–Crippen LogP) is 3.40. The highest BCUT2D eigenvalue weighted by Gasteiger charge is 2.30. The van der Waals surface area contributed by atoms with Crippen molar-refractivity contribution >= 4 is 33.0 Å². The Morgan fingerprint density at radius 1 is 1.14 bits per heavy atom. The summed E-state index contributed by atoms with van der Waals surface area (Å²) in [4.78, 5) is 26.0. The largest absolute Gasteiger partial charge is 0.326 e. The second kappa shape index (κ2) is 7.99. The summed E-state index contributed by atoms with van der Waals surface area (Å²) >= 11 is 0. The first-order valence-electron chi connectivity index (χ1n) is 9.61. The van der Waals surface area contributed by atoms with Crippen LogP contribution in [-0.4, -0.2) is 32.0 Å².